The van der Waals surface area contributed by atoms with Crippen LogP contribution in [0.1, 0.15) is 70.9 Å². The number of aromatic hydroxyl groups is 2. The molecule has 0 radical (unpaired) electrons. The number of benzene rings is 1. The standard InChI is InChI=1S/C16H26O2/c1-6-8-11(7-2)13-9-12(17)10-14(15(13)18)16(3,4)5/h9-11,17-18H,6-8H2,1-5H3. The van der Waals surface area contributed by atoms with Crippen molar-refractivity contribution in [1.82, 2.24) is 0 Å². The van der Waals surface area contributed by atoms with Crippen LogP contribution >= 0.6 is 0 Å². The molecule has 1 rings (SSSR count). The van der Waals surface area contributed by atoms with Gasteiger partial charge < -0.3 is 10.2 Å². The van der Waals surface area contributed by atoms with E-state index < -0.39 is 0 Å². The summed E-state index contributed by atoms with van der Waals surface area (Å²) in [7, 11) is 0. The van der Waals surface area contributed by atoms with E-state index in [9.17, 15) is 10.2 Å². The monoisotopic (exact) mass is 250 g/mol. The molecule has 0 aliphatic heterocycles. The van der Waals surface area contributed by atoms with Crippen molar-refractivity contribution in [1.29, 1.82) is 0 Å². The van der Waals surface area contributed by atoms with Gasteiger partial charge in [0.25, 0.3) is 0 Å². The Kier molecular flexibility index (Phi) is 4.66. The lowest BCUT2D eigenvalue weighted by molar-refractivity contribution is 0.419. The van der Waals surface area contributed by atoms with Crippen molar-refractivity contribution < 1.29 is 10.2 Å². The SMILES string of the molecule is CCCC(CC)c1cc(O)cc(C(C)(C)C)c1O. The number of rotatable bonds is 4. The molecule has 0 aromatic heterocycles. The Balaban J connectivity index is 3.32. The molecule has 0 bridgehead atoms. The van der Waals surface area contributed by atoms with Crippen molar-refractivity contribution in [2.75, 3.05) is 0 Å². The fraction of sp³-hybridized carbons (Fsp3) is 0.625. The van der Waals surface area contributed by atoms with Gasteiger partial charge in [0.05, 0.1) is 0 Å². The predicted molar refractivity (Wildman–Crippen MR) is 76.4 cm³/mol. The second-order valence-corrected chi connectivity index (χ2v) is 6.08. The van der Waals surface area contributed by atoms with Crippen molar-refractivity contribution in [3.05, 3.63) is 23.3 Å². The summed E-state index contributed by atoms with van der Waals surface area (Å²) in [5.74, 6) is 0.936. The summed E-state index contributed by atoms with van der Waals surface area (Å²) in [6.45, 7) is 10.4. The van der Waals surface area contributed by atoms with Crippen molar-refractivity contribution in [3.63, 3.8) is 0 Å². The summed E-state index contributed by atoms with van der Waals surface area (Å²) >= 11 is 0. The van der Waals surface area contributed by atoms with Crippen molar-refractivity contribution in [3.8, 4) is 11.5 Å². The predicted octanol–water partition coefficient (Wildman–Crippen LogP) is 4.69. The lowest BCUT2D eigenvalue weighted by Gasteiger charge is -2.25. The van der Waals surface area contributed by atoms with Crippen LogP contribution in [0.15, 0.2) is 12.1 Å². The molecule has 1 unspecified atom stereocenters. The Hall–Kier alpha value is -1.18. The van der Waals surface area contributed by atoms with Gasteiger partial charge in [-0.15, -0.1) is 0 Å². The first kappa shape index (κ1) is 14.9. The zero-order chi connectivity index (χ0) is 13.9. The van der Waals surface area contributed by atoms with Gasteiger partial charge in [0.1, 0.15) is 11.5 Å². The molecule has 0 amide bonds. The van der Waals surface area contributed by atoms with Crippen LogP contribution < -0.4 is 0 Å². The molecule has 1 atom stereocenters. The lowest BCUT2D eigenvalue weighted by atomic mass is 9.81. The Bertz CT molecular complexity index is 402. The van der Waals surface area contributed by atoms with Crippen LogP contribution in [0.25, 0.3) is 0 Å². The fourth-order valence-corrected chi connectivity index (χ4v) is 2.45. The summed E-state index contributed by atoms with van der Waals surface area (Å²) in [4.78, 5) is 0. The third-order valence-electron chi connectivity index (χ3n) is 3.50. The molecule has 2 nitrogen and oxygen atoms in total. The zero-order valence-electron chi connectivity index (χ0n) is 12.2. The molecule has 2 N–H and O–H groups in total. The summed E-state index contributed by atoms with van der Waals surface area (Å²) in [5, 5.41) is 20.3. The summed E-state index contributed by atoms with van der Waals surface area (Å²) in [6, 6.07) is 3.39. The summed E-state index contributed by atoms with van der Waals surface area (Å²) < 4.78 is 0. The van der Waals surface area contributed by atoms with Crippen LogP contribution in [0.5, 0.6) is 11.5 Å². The van der Waals surface area contributed by atoms with Gasteiger partial charge >= 0.3 is 0 Å². The van der Waals surface area contributed by atoms with E-state index in [1.165, 1.54) is 0 Å². The minimum absolute atomic E-state index is 0.165. The van der Waals surface area contributed by atoms with Gasteiger partial charge in [0.15, 0.2) is 0 Å². The van der Waals surface area contributed by atoms with Crippen molar-refractivity contribution >= 4 is 0 Å². The van der Waals surface area contributed by atoms with Gasteiger partial charge in [-0.3, -0.25) is 0 Å². The van der Waals surface area contributed by atoms with E-state index in [-0.39, 0.29) is 11.2 Å². The molecule has 18 heavy (non-hydrogen) atoms. The molecule has 0 saturated carbocycles. The average molecular weight is 250 g/mol. The van der Waals surface area contributed by atoms with Crippen LogP contribution in [0.4, 0.5) is 0 Å². The second kappa shape index (κ2) is 5.64. The highest BCUT2D eigenvalue weighted by Gasteiger charge is 2.24. The minimum Gasteiger partial charge on any atom is -0.508 e. The Labute approximate surface area is 111 Å². The fourth-order valence-electron chi connectivity index (χ4n) is 2.45. The van der Waals surface area contributed by atoms with Crippen LogP contribution in [-0.4, -0.2) is 10.2 Å². The van der Waals surface area contributed by atoms with E-state index in [0.717, 1.165) is 30.4 Å². The first-order chi connectivity index (χ1) is 8.31. The molecule has 102 valence electrons. The van der Waals surface area contributed by atoms with E-state index in [1.54, 1.807) is 12.1 Å². The number of phenols is 2. The van der Waals surface area contributed by atoms with Crippen molar-refractivity contribution in [2.24, 2.45) is 0 Å². The van der Waals surface area contributed by atoms with Crippen LogP contribution in [0.2, 0.25) is 0 Å². The van der Waals surface area contributed by atoms with Gasteiger partial charge in [-0.05, 0) is 36.3 Å². The third-order valence-corrected chi connectivity index (χ3v) is 3.50. The zero-order valence-corrected chi connectivity index (χ0v) is 12.2. The van der Waals surface area contributed by atoms with Gasteiger partial charge in [0, 0.05) is 11.1 Å². The Morgan fingerprint density at radius 1 is 1.11 bits per heavy atom. The minimum atomic E-state index is -0.165. The maximum Gasteiger partial charge on any atom is 0.123 e. The van der Waals surface area contributed by atoms with Crippen LogP contribution in [-0.2, 0) is 5.41 Å². The third kappa shape index (κ3) is 3.18. The maximum absolute atomic E-state index is 10.5. The molecule has 0 spiro atoms. The first-order valence-electron chi connectivity index (χ1n) is 6.87. The first-order valence-corrected chi connectivity index (χ1v) is 6.87. The highest BCUT2D eigenvalue weighted by atomic mass is 16.3. The Morgan fingerprint density at radius 3 is 2.17 bits per heavy atom. The van der Waals surface area contributed by atoms with E-state index in [0.29, 0.717) is 11.7 Å². The molecule has 0 aliphatic rings. The smallest absolute Gasteiger partial charge is 0.123 e. The largest absolute Gasteiger partial charge is 0.508 e. The highest BCUT2D eigenvalue weighted by molar-refractivity contribution is 5.50. The van der Waals surface area contributed by atoms with Crippen molar-refractivity contribution in [2.45, 2.75) is 65.2 Å². The number of phenolic OH excluding ortho intramolecular Hbond substituents is 2. The normalized spacial score (nSPS) is 13.6. The average Bonchev–Trinajstić information content (AvgIpc) is 2.27. The van der Waals surface area contributed by atoms with Gasteiger partial charge in [0.2, 0.25) is 0 Å². The highest BCUT2D eigenvalue weighted by Crippen LogP contribution is 2.41. The molecule has 1 aromatic carbocycles. The molecule has 1 aromatic rings. The van der Waals surface area contributed by atoms with E-state index in [1.807, 2.05) is 20.8 Å². The van der Waals surface area contributed by atoms with Gasteiger partial charge in [-0.2, -0.15) is 0 Å². The topological polar surface area (TPSA) is 40.5 Å². The lowest BCUT2D eigenvalue weighted by Crippen LogP contribution is -2.13. The molecule has 0 saturated heterocycles. The molecular weight excluding hydrogens is 224 g/mol. The molecular formula is C16H26O2. The quantitative estimate of drug-likeness (QED) is 0.761. The molecule has 0 aliphatic carbocycles. The molecule has 0 heterocycles. The van der Waals surface area contributed by atoms with E-state index in [2.05, 4.69) is 13.8 Å². The second-order valence-electron chi connectivity index (χ2n) is 6.08. The van der Waals surface area contributed by atoms with Crippen LogP contribution in [0, 0.1) is 0 Å². The van der Waals surface area contributed by atoms with E-state index in [4.69, 9.17) is 0 Å². The van der Waals surface area contributed by atoms with Crippen LogP contribution in [0.3, 0.4) is 0 Å². The van der Waals surface area contributed by atoms with E-state index >= 15 is 0 Å². The van der Waals surface area contributed by atoms with Gasteiger partial charge in [-0.25, -0.2) is 0 Å². The number of hydrogen-bond acceptors (Lipinski definition) is 2. The molecule has 0 fully saturated rings. The maximum atomic E-state index is 10.5. The number of hydrogen-bond donors (Lipinski definition) is 2. The Morgan fingerprint density at radius 2 is 1.72 bits per heavy atom. The van der Waals surface area contributed by atoms with Gasteiger partial charge in [-0.1, -0.05) is 41.0 Å². The summed E-state index contributed by atoms with van der Waals surface area (Å²) in [6.07, 6.45) is 3.10. The summed E-state index contributed by atoms with van der Waals surface area (Å²) in [5.41, 5.74) is 1.55. The molecule has 2 heteroatoms.